The van der Waals surface area contributed by atoms with Crippen LogP contribution in [0.25, 0.3) is 0 Å². The molecule has 3 N–H and O–H groups in total. The second-order valence-electron chi connectivity index (χ2n) is 5.75. The number of guanidine groups is 1. The molecule has 19 heavy (non-hydrogen) atoms. The maximum atomic E-state index is 5.67. The number of anilines is 1. The van der Waals surface area contributed by atoms with Crippen molar-refractivity contribution in [1.82, 2.24) is 5.43 Å². The predicted molar refractivity (Wildman–Crippen MR) is 81.1 cm³/mol. The van der Waals surface area contributed by atoms with E-state index in [4.69, 9.17) is 5.84 Å². The molecule has 1 aromatic carbocycles. The van der Waals surface area contributed by atoms with E-state index in [1.165, 1.54) is 11.3 Å². The van der Waals surface area contributed by atoms with Gasteiger partial charge in [0.1, 0.15) is 0 Å². The average Bonchev–Trinajstić information content (AvgIpc) is 2.38. The molecule has 0 spiro atoms. The van der Waals surface area contributed by atoms with E-state index in [1.54, 1.807) is 0 Å². The minimum Gasteiger partial charge on any atom is -0.311 e. The SMILES string of the molecule is CC(C)CN=C(NN)N1CC(C)Cc2ccccc21. The van der Waals surface area contributed by atoms with E-state index < -0.39 is 0 Å². The Morgan fingerprint density at radius 2 is 2.21 bits per heavy atom. The number of fused-ring (bicyclic) bond motifs is 1. The van der Waals surface area contributed by atoms with Gasteiger partial charge in [0.15, 0.2) is 0 Å². The van der Waals surface area contributed by atoms with Crippen molar-refractivity contribution in [2.24, 2.45) is 22.7 Å². The monoisotopic (exact) mass is 260 g/mol. The van der Waals surface area contributed by atoms with Crippen molar-refractivity contribution in [1.29, 1.82) is 0 Å². The zero-order valence-corrected chi connectivity index (χ0v) is 12.1. The maximum absolute atomic E-state index is 5.67. The summed E-state index contributed by atoms with van der Waals surface area (Å²) < 4.78 is 0. The zero-order valence-electron chi connectivity index (χ0n) is 12.1. The molecule has 1 unspecified atom stereocenters. The predicted octanol–water partition coefficient (Wildman–Crippen LogP) is 2.16. The largest absolute Gasteiger partial charge is 0.311 e. The summed E-state index contributed by atoms with van der Waals surface area (Å²) >= 11 is 0. The number of benzene rings is 1. The average molecular weight is 260 g/mol. The molecule has 0 saturated carbocycles. The summed E-state index contributed by atoms with van der Waals surface area (Å²) in [7, 11) is 0. The molecule has 1 heterocycles. The second-order valence-corrected chi connectivity index (χ2v) is 5.75. The van der Waals surface area contributed by atoms with Gasteiger partial charge in [-0.3, -0.25) is 10.4 Å². The first-order chi connectivity index (χ1) is 9.11. The van der Waals surface area contributed by atoms with Crippen LogP contribution >= 0.6 is 0 Å². The Bertz CT molecular complexity index is 453. The molecule has 2 rings (SSSR count). The summed E-state index contributed by atoms with van der Waals surface area (Å²) in [6, 6.07) is 8.49. The smallest absolute Gasteiger partial charge is 0.212 e. The number of para-hydroxylation sites is 1. The quantitative estimate of drug-likeness (QED) is 0.371. The number of nitrogens with zero attached hydrogens (tertiary/aromatic N) is 2. The van der Waals surface area contributed by atoms with E-state index in [-0.39, 0.29) is 0 Å². The molecule has 1 atom stereocenters. The van der Waals surface area contributed by atoms with Crippen LogP contribution in [0.3, 0.4) is 0 Å². The molecule has 0 saturated heterocycles. The minimum absolute atomic E-state index is 0.529. The molecule has 0 aromatic heterocycles. The van der Waals surface area contributed by atoms with Crippen molar-refractivity contribution in [3.8, 4) is 0 Å². The van der Waals surface area contributed by atoms with Gasteiger partial charge in [-0.2, -0.15) is 0 Å². The highest BCUT2D eigenvalue weighted by Gasteiger charge is 2.24. The summed E-state index contributed by atoms with van der Waals surface area (Å²) in [6.45, 7) is 8.32. The summed E-state index contributed by atoms with van der Waals surface area (Å²) in [5.74, 6) is 7.57. The molecule has 0 aliphatic carbocycles. The van der Waals surface area contributed by atoms with E-state index in [9.17, 15) is 0 Å². The number of hydrogen-bond acceptors (Lipinski definition) is 2. The third-order valence-corrected chi connectivity index (χ3v) is 3.34. The molecule has 1 aliphatic heterocycles. The first-order valence-electron chi connectivity index (χ1n) is 6.98. The number of hydrogen-bond donors (Lipinski definition) is 2. The first-order valence-corrected chi connectivity index (χ1v) is 6.98. The maximum Gasteiger partial charge on any atom is 0.212 e. The van der Waals surface area contributed by atoms with Gasteiger partial charge in [-0.15, -0.1) is 0 Å². The number of hydrazine groups is 1. The molecular formula is C15H24N4. The van der Waals surface area contributed by atoms with Crippen molar-refractivity contribution in [3.63, 3.8) is 0 Å². The lowest BCUT2D eigenvalue weighted by atomic mass is 9.94. The lowest BCUT2D eigenvalue weighted by Gasteiger charge is -2.35. The van der Waals surface area contributed by atoms with Gasteiger partial charge in [-0.1, -0.05) is 39.0 Å². The molecule has 1 aliphatic rings. The van der Waals surface area contributed by atoms with Crippen molar-refractivity contribution in [2.45, 2.75) is 27.2 Å². The molecular weight excluding hydrogens is 236 g/mol. The van der Waals surface area contributed by atoms with E-state index in [1.807, 2.05) is 0 Å². The van der Waals surface area contributed by atoms with Gasteiger partial charge in [-0.25, -0.2) is 5.84 Å². The molecule has 4 nitrogen and oxygen atoms in total. The van der Waals surface area contributed by atoms with Crippen molar-refractivity contribution in [3.05, 3.63) is 29.8 Å². The molecule has 0 fully saturated rings. The fourth-order valence-corrected chi connectivity index (χ4v) is 2.48. The summed E-state index contributed by atoms with van der Waals surface area (Å²) in [4.78, 5) is 6.81. The Morgan fingerprint density at radius 3 is 2.89 bits per heavy atom. The Labute approximate surface area is 115 Å². The Kier molecular flexibility index (Phi) is 4.43. The number of rotatable bonds is 2. The number of aliphatic imine (C=N–C) groups is 1. The van der Waals surface area contributed by atoms with Crippen LogP contribution < -0.4 is 16.2 Å². The third kappa shape index (κ3) is 3.26. The van der Waals surface area contributed by atoms with Gasteiger partial charge in [-0.05, 0) is 29.9 Å². The second kappa shape index (κ2) is 6.06. The van der Waals surface area contributed by atoms with Gasteiger partial charge in [0.2, 0.25) is 5.96 Å². The van der Waals surface area contributed by atoms with Crippen LogP contribution in [0, 0.1) is 11.8 Å². The van der Waals surface area contributed by atoms with E-state index >= 15 is 0 Å². The minimum atomic E-state index is 0.529. The van der Waals surface area contributed by atoms with Crippen LogP contribution in [0.2, 0.25) is 0 Å². The summed E-state index contributed by atoms with van der Waals surface area (Å²) in [5, 5.41) is 0. The van der Waals surface area contributed by atoms with Crippen LogP contribution in [0.5, 0.6) is 0 Å². The topological polar surface area (TPSA) is 53.6 Å². The first kappa shape index (κ1) is 13.9. The third-order valence-electron chi connectivity index (χ3n) is 3.34. The highest BCUT2D eigenvalue weighted by molar-refractivity contribution is 5.96. The molecule has 104 valence electrons. The molecule has 1 aromatic rings. The van der Waals surface area contributed by atoms with E-state index in [0.29, 0.717) is 11.8 Å². The summed E-state index contributed by atoms with van der Waals surface area (Å²) in [6.07, 6.45) is 1.12. The Morgan fingerprint density at radius 1 is 1.47 bits per heavy atom. The van der Waals surface area contributed by atoms with Crippen molar-refractivity contribution >= 4 is 11.6 Å². The highest BCUT2D eigenvalue weighted by Crippen LogP contribution is 2.29. The van der Waals surface area contributed by atoms with Crippen LogP contribution in [0.1, 0.15) is 26.3 Å². The lowest BCUT2D eigenvalue weighted by Crippen LogP contribution is -2.49. The van der Waals surface area contributed by atoms with Crippen LogP contribution in [0.4, 0.5) is 5.69 Å². The van der Waals surface area contributed by atoms with Crippen LogP contribution in [-0.2, 0) is 6.42 Å². The van der Waals surface area contributed by atoms with E-state index in [0.717, 1.165) is 25.5 Å². The lowest BCUT2D eigenvalue weighted by molar-refractivity contribution is 0.562. The zero-order chi connectivity index (χ0) is 13.8. The van der Waals surface area contributed by atoms with Gasteiger partial charge in [0.05, 0.1) is 0 Å². The fourth-order valence-electron chi connectivity index (χ4n) is 2.48. The van der Waals surface area contributed by atoms with Crippen molar-refractivity contribution in [2.75, 3.05) is 18.0 Å². The van der Waals surface area contributed by atoms with Crippen molar-refractivity contribution < 1.29 is 0 Å². The van der Waals surface area contributed by atoms with Crippen LogP contribution in [-0.4, -0.2) is 19.0 Å². The fraction of sp³-hybridized carbons (Fsp3) is 0.533. The number of nitrogens with one attached hydrogen (secondary N) is 1. The molecule has 4 heteroatoms. The van der Waals surface area contributed by atoms with Gasteiger partial charge in [0.25, 0.3) is 0 Å². The summed E-state index contributed by atoms with van der Waals surface area (Å²) in [5.41, 5.74) is 5.36. The normalized spacial score (nSPS) is 19.5. The molecule has 0 bridgehead atoms. The standard InChI is InChI=1S/C15H24N4/c1-11(2)9-17-15(18-16)19-10-12(3)8-13-6-4-5-7-14(13)19/h4-7,11-12H,8-10,16H2,1-3H3,(H,17,18). The Balaban J connectivity index is 2.30. The molecule has 0 radical (unpaired) electrons. The van der Waals surface area contributed by atoms with Gasteiger partial charge < -0.3 is 4.90 Å². The van der Waals surface area contributed by atoms with E-state index in [2.05, 4.69) is 60.4 Å². The van der Waals surface area contributed by atoms with Crippen LogP contribution in [0.15, 0.2) is 29.3 Å². The number of nitrogens with two attached hydrogens (primary N) is 1. The van der Waals surface area contributed by atoms with Gasteiger partial charge in [0, 0.05) is 18.8 Å². The van der Waals surface area contributed by atoms with Gasteiger partial charge >= 0.3 is 0 Å². The Hall–Kier alpha value is -1.55. The highest BCUT2D eigenvalue weighted by atomic mass is 15.4. The molecule has 0 amide bonds.